The van der Waals surface area contributed by atoms with Gasteiger partial charge in [0, 0.05) is 18.5 Å². The zero-order chi connectivity index (χ0) is 15.4. The highest BCUT2D eigenvalue weighted by atomic mass is 16.5. The number of hydrogen-bond acceptors (Lipinski definition) is 4. The molecule has 2 atom stereocenters. The van der Waals surface area contributed by atoms with Crippen molar-refractivity contribution in [3.63, 3.8) is 0 Å². The first-order valence-electron chi connectivity index (χ1n) is 6.91. The molecule has 0 saturated carbocycles. The minimum Gasteiger partial charge on any atom is -0.496 e. The third-order valence-corrected chi connectivity index (χ3v) is 3.79. The molecule has 114 valence electrons. The summed E-state index contributed by atoms with van der Waals surface area (Å²) in [5.41, 5.74) is 5.92. The number of carbonyl (C=O) groups is 2. The minimum atomic E-state index is -0.864. The van der Waals surface area contributed by atoms with Gasteiger partial charge in [0.15, 0.2) is 0 Å². The number of aliphatic hydroxyl groups is 1. The first kappa shape index (κ1) is 15.3. The van der Waals surface area contributed by atoms with Crippen molar-refractivity contribution < 1.29 is 19.4 Å². The second-order valence-corrected chi connectivity index (χ2v) is 5.19. The van der Waals surface area contributed by atoms with Crippen LogP contribution in [0, 0.1) is 5.92 Å². The summed E-state index contributed by atoms with van der Waals surface area (Å²) in [7, 11) is 1.53. The molecule has 0 spiro atoms. The Morgan fingerprint density at radius 2 is 2.24 bits per heavy atom. The number of carbonyl (C=O) groups excluding carboxylic acids is 2. The molecular weight excluding hydrogens is 272 g/mol. The summed E-state index contributed by atoms with van der Waals surface area (Å²) in [5.74, 6) is -0.241. The Hall–Kier alpha value is -2.08. The van der Waals surface area contributed by atoms with Crippen molar-refractivity contribution in [3.05, 3.63) is 29.8 Å². The van der Waals surface area contributed by atoms with Gasteiger partial charge in [-0.15, -0.1) is 0 Å². The van der Waals surface area contributed by atoms with E-state index in [-0.39, 0.29) is 31.3 Å². The van der Waals surface area contributed by atoms with Gasteiger partial charge < -0.3 is 20.5 Å². The fourth-order valence-electron chi connectivity index (χ4n) is 2.57. The Kier molecular flexibility index (Phi) is 4.80. The van der Waals surface area contributed by atoms with Crippen LogP contribution in [0.25, 0.3) is 0 Å². The molecule has 0 aliphatic carbocycles. The quantitative estimate of drug-likeness (QED) is 0.824. The summed E-state index contributed by atoms with van der Waals surface area (Å²) in [6.45, 7) is 0.392. The lowest BCUT2D eigenvalue weighted by Crippen LogP contribution is -2.45. The maximum atomic E-state index is 11.9. The Balaban J connectivity index is 2.08. The summed E-state index contributed by atoms with van der Waals surface area (Å²) in [6.07, 6.45) is -0.0986. The summed E-state index contributed by atoms with van der Waals surface area (Å²) in [6, 6.07) is 7.11. The Labute approximate surface area is 123 Å². The summed E-state index contributed by atoms with van der Waals surface area (Å²) in [5, 5.41) is 10.3. The molecule has 1 fully saturated rings. The normalized spacial score (nSPS) is 20.2. The van der Waals surface area contributed by atoms with Gasteiger partial charge >= 0.3 is 0 Å². The third kappa shape index (κ3) is 3.52. The Morgan fingerprint density at radius 3 is 2.90 bits per heavy atom. The van der Waals surface area contributed by atoms with Crippen molar-refractivity contribution in [2.24, 2.45) is 11.7 Å². The second kappa shape index (κ2) is 6.58. The van der Waals surface area contributed by atoms with Crippen LogP contribution in [-0.4, -0.2) is 42.0 Å². The largest absolute Gasteiger partial charge is 0.496 e. The number of primary amides is 1. The first-order valence-corrected chi connectivity index (χ1v) is 6.91. The standard InChI is InChI=1S/C15H20N2O4/c1-21-13-5-3-2-4-11(13)12(18)9-17-8-10(15(16)20)6-7-14(17)19/h2-5,10,12,18H,6-9H2,1H3,(H2,16,20)/t10-,12+/m0/s1. The average Bonchev–Trinajstić information content (AvgIpc) is 2.49. The number of β-amino-alcohol motifs (C(OH)–C–C–N with tert-alkyl or cyclic N) is 1. The van der Waals surface area contributed by atoms with Gasteiger partial charge in [0.2, 0.25) is 11.8 Å². The molecule has 2 amide bonds. The van der Waals surface area contributed by atoms with E-state index in [1.54, 1.807) is 18.2 Å². The zero-order valence-corrected chi connectivity index (χ0v) is 12.0. The van der Waals surface area contributed by atoms with Crippen molar-refractivity contribution in [2.45, 2.75) is 18.9 Å². The lowest BCUT2D eigenvalue weighted by Gasteiger charge is -2.32. The van der Waals surface area contributed by atoms with E-state index in [0.717, 1.165) is 0 Å². The average molecular weight is 292 g/mol. The van der Waals surface area contributed by atoms with E-state index in [1.807, 2.05) is 6.07 Å². The SMILES string of the molecule is COc1ccccc1[C@H](O)CN1C[C@@H](C(N)=O)CCC1=O. The zero-order valence-electron chi connectivity index (χ0n) is 12.0. The van der Waals surface area contributed by atoms with Gasteiger partial charge in [-0.1, -0.05) is 18.2 Å². The minimum absolute atomic E-state index is 0.0681. The molecule has 0 bridgehead atoms. The van der Waals surface area contributed by atoms with Crippen molar-refractivity contribution in [2.75, 3.05) is 20.2 Å². The number of hydrogen-bond donors (Lipinski definition) is 2. The number of methoxy groups -OCH3 is 1. The topological polar surface area (TPSA) is 92.9 Å². The van der Waals surface area contributed by atoms with E-state index in [4.69, 9.17) is 10.5 Å². The fraction of sp³-hybridized carbons (Fsp3) is 0.467. The monoisotopic (exact) mass is 292 g/mol. The van der Waals surface area contributed by atoms with Gasteiger partial charge in [0.1, 0.15) is 11.9 Å². The van der Waals surface area contributed by atoms with E-state index >= 15 is 0 Å². The molecule has 3 N–H and O–H groups in total. The number of nitrogens with zero attached hydrogens (tertiary/aromatic N) is 1. The van der Waals surface area contributed by atoms with Gasteiger partial charge in [0.25, 0.3) is 0 Å². The predicted octanol–water partition coefficient (Wildman–Crippen LogP) is 0.452. The van der Waals surface area contributed by atoms with Gasteiger partial charge in [-0.3, -0.25) is 9.59 Å². The maximum Gasteiger partial charge on any atom is 0.222 e. The van der Waals surface area contributed by atoms with Crippen LogP contribution >= 0.6 is 0 Å². The van der Waals surface area contributed by atoms with Crippen LogP contribution in [0.5, 0.6) is 5.75 Å². The maximum absolute atomic E-state index is 11.9. The number of amides is 2. The van der Waals surface area contributed by atoms with Crippen LogP contribution in [-0.2, 0) is 9.59 Å². The molecule has 1 aromatic rings. The summed E-state index contributed by atoms with van der Waals surface area (Å²) < 4.78 is 5.20. The molecule has 1 aliphatic heterocycles. The molecule has 6 nitrogen and oxygen atoms in total. The van der Waals surface area contributed by atoms with E-state index < -0.39 is 12.0 Å². The predicted molar refractivity (Wildman–Crippen MR) is 76.5 cm³/mol. The number of para-hydroxylation sites is 1. The van der Waals surface area contributed by atoms with Gasteiger partial charge in [-0.2, -0.15) is 0 Å². The number of benzene rings is 1. The van der Waals surface area contributed by atoms with Gasteiger partial charge in [0.05, 0.1) is 19.6 Å². The van der Waals surface area contributed by atoms with Gasteiger partial charge in [-0.25, -0.2) is 0 Å². The second-order valence-electron chi connectivity index (χ2n) is 5.19. The number of ether oxygens (including phenoxy) is 1. The molecule has 1 saturated heterocycles. The Morgan fingerprint density at radius 1 is 1.52 bits per heavy atom. The van der Waals surface area contributed by atoms with E-state index in [0.29, 0.717) is 17.7 Å². The highest BCUT2D eigenvalue weighted by molar-refractivity contribution is 5.82. The van der Waals surface area contributed by atoms with Gasteiger partial charge in [-0.05, 0) is 12.5 Å². The van der Waals surface area contributed by atoms with E-state index in [9.17, 15) is 14.7 Å². The van der Waals surface area contributed by atoms with Crippen LogP contribution in [0.15, 0.2) is 24.3 Å². The number of aliphatic hydroxyl groups excluding tert-OH is 1. The molecule has 0 unspecified atom stereocenters. The number of piperidine rings is 1. The number of likely N-dealkylation sites (tertiary alicyclic amines) is 1. The molecule has 21 heavy (non-hydrogen) atoms. The molecule has 1 aromatic carbocycles. The van der Waals surface area contributed by atoms with E-state index in [1.165, 1.54) is 12.0 Å². The molecule has 0 radical (unpaired) electrons. The fourth-order valence-corrected chi connectivity index (χ4v) is 2.57. The molecule has 1 aliphatic rings. The highest BCUT2D eigenvalue weighted by Crippen LogP contribution is 2.27. The molecule has 2 rings (SSSR count). The first-order chi connectivity index (χ1) is 10.0. The lowest BCUT2D eigenvalue weighted by molar-refractivity contribution is -0.139. The van der Waals surface area contributed by atoms with Crippen LogP contribution in [0.1, 0.15) is 24.5 Å². The van der Waals surface area contributed by atoms with Crippen molar-refractivity contribution >= 4 is 11.8 Å². The third-order valence-electron chi connectivity index (χ3n) is 3.79. The van der Waals surface area contributed by atoms with Crippen molar-refractivity contribution in [3.8, 4) is 5.75 Å². The smallest absolute Gasteiger partial charge is 0.222 e. The van der Waals surface area contributed by atoms with E-state index in [2.05, 4.69) is 0 Å². The highest BCUT2D eigenvalue weighted by Gasteiger charge is 2.30. The molecule has 6 heteroatoms. The van der Waals surface area contributed by atoms with Crippen LogP contribution < -0.4 is 10.5 Å². The molecular formula is C15H20N2O4. The van der Waals surface area contributed by atoms with Crippen LogP contribution in [0.3, 0.4) is 0 Å². The lowest BCUT2D eigenvalue weighted by atomic mass is 9.96. The molecule has 1 heterocycles. The van der Waals surface area contributed by atoms with Crippen LogP contribution in [0.2, 0.25) is 0 Å². The van der Waals surface area contributed by atoms with Crippen molar-refractivity contribution in [1.29, 1.82) is 0 Å². The van der Waals surface area contributed by atoms with Crippen molar-refractivity contribution in [1.82, 2.24) is 4.90 Å². The summed E-state index contributed by atoms with van der Waals surface area (Å²) in [4.78, 5) is 24.7. The molecule has 0 aromatic heterocycles. The number of nitrogens with two attached hydrogens (primary N) is 1. The van der Waals surface area contributed by atoms with Crippen LogP contribution in [0.4, 0.5) is 0 Å². The summed E-state index contributed by atoms with van der Waals surface area (Å²) >= 11 is 0. The Bertz CT molecular complexity index is 532. The number of rotatable bonds is 5.